The van der Waals surface area contributed by atoms with Gasteiger partial charge < -0.3 is 44.8 Å². The Morgan fingerprint density at radius 1 is 1.03 bits per heavy atom. The van der Waals surface area contributed by atoms with Gasteiger partial charge in [0.2, 0.25) is 0 Å². The Bertz CT molecular complexity index is 2870. The highest BCUT2D eigenvalue weighted by atomic mass is 32.2. The summed E-state index contributed by atoms with van der Waals surface area (Å²) in [5.41, 5.74) is 3.47. The van der Waals surface area contributed by atoms with Crippen molar-refractivity contribution >= 4 is 44.2 Å². The average Bonchev–Trinajstić information content (AvgIpc) is 3.74. The number of hydrogen-bond donors (Lipinski definition) is 5. The number of halogens is 1. The first-order chi connectivity index (χ1) is 35.0. The van der Waals surface area contributed by atoms with Crippen molar-refractivity contribution in [2.45, 2.75) is 107 Å². The number of hydroxylamine groups is 1. The normalized spacial score (nSPS) is 24.7. The Hall–Kier alpha value is -5.25. The number of rotatable bonds is 15. The number of nitrogens with zero attached hydrogens (tertiary/aromatic N) is 5. The van der Waals surface area contributed by atoms with Gasteiger partial charge in [0, 0.05) is 81.9 Å². The molecular weight excluding hydrogens is 954 g/mol. The molecule has 0 radical (unpaired) electrons. The SMILES string of the molecule is CC(C)c1ccccc1[C@@H]1CN(C[C@H]2COCCO2)CCN1C1CC2(CCN(c3ccc(C(=O)NS(=O)(=O)c4cnc(NC[C@H]5CC[C@](C)(O)CC5)c([NH+](C)[O-])c4)c(Oc4cnc5[nH]cc(F)c5c4)c3)CC2)C1. The van der Waals surface area contributed by atoms with Crippen LogP contribution in [0.3, 0.4) is 0 Å². The Kier molecular flexibility index (Phi) is 14.9. The zero-order valence-electron chi connectivity index (χ0n) is 42.4. The number of hydrogen-bond acceptors (Lipinski definition) is 14. The summed E-state index contributed by atoms with van der Waals surface area (Å²) in [5, 5.41) is 26.2. The minimum Gasteiger partial charge on any atom is -0.629 e. The molecule has 73 heavy (non-hydrogen) atoms. The Labute approximate surface area is 427 Å². The van der Waals surface area contributed by atoms with E-state index in [4.69, 9.17) is 14.2 Å². The number of aliphatic hydroxyl groups is 1. The molecule has 1 amide bonds. The molecule has 17 nitrogen and oxygen atoms in total. The van der Waals surface area contributed by atoms with Crippen molar-refractivity contribution in [3.05, 3.63) is 101 Å². The molecule has 5 aliphatic rings. The first-order valence-electron chi connectivity index (χ1n) is 26.0. The maximum Gasteiger partial charge on any atom is 0.268 e. The van der Waals surface area contributed by atoms with E-state index in [9.17, 15) is 27.9 Å². The summed E-state index contributed by atoms with van der Waals surface area (Å²) in [4.78, 5) is 32.8. The molecule has 3 saturated heterocycles. The number of amides is 1. The first kappa shape index (κ1) is 51.2. The fraction of sp³-hybridized carbons (Fsp3) is 0.537. The summed E-state index contributed by atoms with van der Waals surface area (Å²) in [6, 6.07) is 17.5. The summed E-state index contributed by atoms with van der Waals surface area (Å²) < 4.78 is 62.8. The van der Waals surface area contributed by atoms with Crippen LogP contribution >= 0.6 is 0 Å². The number of piperidine rings is 1. The maximum absolute atomic E-state index is 14.7. The molecule has 392 valence electrons. The van der Waals surface area contributed by atoms with E-state index in [2.05, 4.69) is 77.8 Å². The molecular formula is C54H70FN9O8S. The van der Waals surface area contributed by atoms with E-state index in [0.717, 1.165) is 89.7 Å². The third-order valence-corrected chi connectivity index (χ3v) is 17.5. The van der Waals surface area contributed by atoms with Crippen LogP contribution in [0.25, 0.3) is 11.0 Å². The van der Waals surface area contributed by atoms with Crippen LogP contribution in [-0.4, -0.2) is 135 Å². The lowest BCUT2D eigenvalue weighted by atomic mass is 9.59. The van der Waals surface area contributed by atoms with Crippen LogP contribution in [0.1, 0.15) is 106 Å². The van der Waals surface area contributed by atoms with Gasteiger partial charge in [-0.15, -0.1) is 0 Å². The Balaban J connectivity index is 0.835. The van der Waals surface area contributed by atoms with E-state index in [1.807, 2.05) is 6.92 Å². The molecule has 5 aromatic rings. The number of fused-ring (bicyclic) bond motifs is 1. The highest BCUT2D eigenvalue weighted by Crippen LogP contribution is 2.53. The molecule has 3 aromatic heterocycles. The van der Waals surface area contributed by atoms with Crippen LogP contribution in [0.15, 0.2) is 78.1 Å². The number of anilines is 2. The van der Waals surface area contributed by atoms with Crippen LogP contribution in [0.4, 0.5) is 21.6 Å². The third-order valence-electron chi connectivity index (χ3n) is 16.2. The van der Waals surface area contributed by atoms with Crippen LogP contribution in [0.2, 0.25) is 0 Å². The third kappa shape index (κ3) is 11.4. The van der Waals surface area contributed by atoms with E-state index in [-0.39, 0.29) is 62.3 Å². The van der Waals surface area contributed by atoms with Gasteiger partial charge in [0.1, 0.15) is 27.9 Å². The molecule has 6 heterocycles. The van der Waals surface area contributed by atoms with E-state index in [1.165, 1.54) is 42.7 Å². The lowest BCUT2D eigenvalue weighted by Crippen LogP contribution is -2.98. The number of sulfonamides is 1. The predicted molar refractivity (Wildman–Crippen MR) is 276 cm³/mol. The number of piperazine rings is 1. The largest absolute Gasteiger partial charge is 0.629 e. The van der Waals surface area contributed by atoms with Gasteiger partial charge in [0.15, 0.2) is 11.5 Å². The summed E-state index contributed by atoms with van der Waals surface area (Å²) >= 11 is 0. The number of aromatic nitrogens is 3. The van der Waals surface area contributed by atoms with Crippen molar-refractivity contribution in [2.24, 2.45) is 11.3 Å². The molecule has 10 rings (SSSR count). The summed E-state index contributed by atoms with van der Waals surface area (Å²) in [6.45, 7) is 14.2. The number of ether oxygens (including phenoxy) is 3. The second-order valence-electron chi connectivity index (χ2n) is 21.8. The fourth-order valence-corrected chi connectivity index (χ4v) is 12.9. The van der Waals surface area contributed by atoms with Crippen LogP contribution in [-0.2, 0) is 19.5 Å². The van der Waals surface area contributed by atoms with E-state index in [0.29, 0.717) is 56.8 Å². The van der Waals surface area contributed by atoms with Gasteiger partial charge >= 0.3 is 0 Å². The van der Waals surface area contributed by atoms with Gasteiger partial charge in [-0.05, 0) is 105 Å². The summed E-state index contributed by atoms with van der Waals surface area (Å²) in [7, 11) is -3.22. The zero-order chi connectivity index (χ0) is 51.1. The number of carbonyl (C=O) groups excluding carboxylic acids is 1. The first-order valence-corrected chi connectivity index (χ1v) is 27.5. The average molecular weight is 1020 g/mol. The number of pyridine rings is 2. The molecule has 2 saturated carbocycles. The van der Waals surface area contributed by atoms with Crippen molar-refractivity contribution in [3.8, 4) is 11.5 Å². The molecule has 0 bridgehead atoms. The zero-order valence-corrected chi connectivity index (χ0v) is 43.2. The van der Waals surface area contributed by atoms with E-state index < -0.39 is 32.4 Å². The number of aromatic amines is 1. The van der Waals surface area contributed by atoms with Crippen molar-refractivity contribution in [3.63, 3.8) is 0 Å². The van der Waals surface area contributed by atoms with Crippen LogP contribution in [0, 0.1) is 22.4 Å². The standard InChI is InChI=1S/C54H70FN9O8S/c1-35(2)42-7-5-6-8-43(42)48-33-62(32-40-34-70-21-22-71-40)19-20-64(48)38-26-54(27-38)15-17-63(18-16-54)37-9-10-44(49(23-37)72-39-24-45-46(55)31-59-50(45)57-29-39)52(65)60-73(68,69)41-25-47(61(4)67)51(58-30-41)56-28-36-11-13-53(3,66)14-12-36/h5-10,23-25,29-31,35-36,38,40,48,61,66H,11-22,26-28,32-34H2,1-4H3,(H,56,58)(H,57,59)(H,60,65)/t36-,40-,48-,53-/m0/s1. The molecule has 5 N–H and O–H groups in total. The Morgan fingerprint density at radius 3 is 2.55 bits per heavy atom. The molecule has 1 spiro atoms. The molecule has 19 heteroatoms. The highest BCUT2D eigenvalue weighted by Gasteiger charge is 2.50. The molecule has 5 fully saturated rings. The second kappa shape index (κ2) is 21.2. The van der Waals surface area contributed by atoms with Crippen molar-refractivity contribution < 1.29 is 42.0 Å². The van der Waals surface area contributed by atoms with Crippen molar-refractivity contribution in [1.82, 2.24) is 29.5 Å². The Morgan fingerprint density at radius 2 is 1.81 bits per heavy atom. The quantitative estimate of drug-likeness (QED) is 0.0698. The second-order valence-corrected chi connectivity index (χ2v) is 23.5. The minimum absolute atomic E-state index is 0.0621. The maximum atomic E-state index is 14.7. The highest BCUT2D eigenvalue weighted by molar-refractivity contribution is 7.90. The van der Waals surface area contributed by atoms with Gasteiger partial charge in [-0.3, -0.25) is 14.6 Å². The smallest absolute Gasteiger partial charge is 0.268 e. The van der Waals surface area contributed by atoms with Gasteiger partial charge in [-0.25, -0.2) is 27.5 Å². The lowest BCUT2D eigenvalue weighted by Gasteiger charge is -2.58. The topological polar surface area (TPSA) is 202 Å². The number of quaternary nitrogens is 1. The van der Waals surface area contributed by atoms with Gasteiger partial charge in [-0.2, -0.15) is 0 Å². The molecule has 2 aromatic carbocycles. The molecule has 1 unspecified atom stereocenters. The van der Waals surface area contributed by atoms with Gasteiger partial charge in [0.25, 0.3) is 15.9 Å². The fourth-order valence-electron chi connectivity index (χ4n) is 11.9. The number of H-pyrrole nitrogens is 1. The predicted octanol–water partition coefficient (Wildman–Crippen LogP) is 6.65. The summed E-state index contributed by atoms with van der Waals surface area (Å²) in [5.74, 6) is -0.360. The van der Waals surface area contributed by atoms with Crippen LogP contribution in [0.5, 0.6) is 11.5 Å². The lowest BCUT2D eigenvalue weighted by molar-refractivity contribution is -0.751. The monoisotopic (exact) mass is 1020 g/mol. The number of benzene rings is 2. The molecule has 3 aliphatic heterocycles. The van der Waals surface area contributed by atoms with Crippen LogP contribution < -0.4 is 24.7 Å². The molecule has 3 atom stereocenters. The van der Waals surface area contributed by atoms with Gasteiger partial charge in [0.05, 0.1) is 61.9 Å². The summed E-state index contributed by atoms with van der Waals surface area (Å²) in [6.07, 6.45) is 11.0. The van der Waals surface area contributed by atoms with Crippen molar-refractivity contribution in [2.75, 3.05) is 82.9 Å². The number of nitrogens with one attached hydrogen (secondary N) is 4. The van der Waals surface area contributed by atoms with Crippen molar-refractivity contribution in [1.29, 1.82) is 0 Å². The number of carbonyl (C=O) groups is 1. The van der Waals surface area contributed by atoms with E-state index >= 15 is 0 Å². The van der Waals surface area contributed by atoms with Gasteiger partial charge in [-0.1, -0.05) is 38.1 Å². The van der Waals surface area contributed by atoms with E-state index in [1.54, 1.807) is 18.2 Å². The molecule has 2 aliphatic carbocycles. The minimum atomic E-state index is -4.55.